The van der Waals surface area contributed by atoms with Gasteiger partial charge in [-0.15, -0.1) is 11.3 Å². The standard InChI is InChI=1S/C23H18N6O2S/c1-14-15(2)29(13-26-14)20-11-21(25-12-24-20)31-17-9-7-16(8-10-17)27-22(30)23-28-18-5-3-4-6-19(18)32-23/h3-13H,1-2H3,(H,27,30). The molecule has 1 amide bonds. The van der Waals surface area contributed by atoms with Crippen LogP contribution in [0.25, 0.3) is 16.0 Å². The van der Waals surface area contributed by atoms with E-state index in [0.29, 0.717) is 28.1 Å². The summed E-state index contributed by atoms with van der Waals surface area (Å²) in [7, 11) is 0. The van der Waals surface area contributed by atoms with Gasteiger partial charge in [0.2, 0.25) is 5.88 Å². The van der Waals surface area contributed by atoms with E-state index in [9.17, 15) is 4.79 Å². The Hall–Kier alpha value is -4.11. The molecule has 3 aromatic heterocycles. The topological polar surface area (TPSA) is 94.8 Å². The predicted octanol–water partition coefficient (Wildman–Crippen LogP) is 4.93. The van der Waals surface area contributed by atoms with Gasteiger partial charge in [-0.1, -0.05) is 12.1 Å². The molecule has 0 atom stereocenters. The molecule has 32 heavy (non-hydrogen) atoms. The van der Waals surface area contributed by atoms with Gasteiger partial charge in [0.15, 0.2) is 5.01 Å². The van der Waals surface area contributed by atoms with Crippen LogP contribution in [0.5, 0.6) is 11.6 Å². The first kappa shape index (κ1) is 19.8. The zero-order chi connectivity index (χ0) is 22.1. The zero-order valence-electron chi connectivity index (χ0n) is 17.3. The fraction of sp³-hybridized carbons (Fsp3) is 0.0870. The Morgan fingerprint density at radius 3 is 2.59 bits per heavy atom. The van der Waals surface area contributed by atoms with E-state index in [-0.39, 0.29) is 5.91 Å². The molecule has 5 aromatic rings. The molecule has 0 aliphatic carbocycles. The second-order valence-corrected chi connectivity index (χ2v) is 8.10. The van der Waals surface area contributed by atoms with Crippen molar-refractivity contribution in [2.45, 2.75) is 13.8 Å². The van der Waals surface area contributed by atoms with E-state index < -0.39 is 0 Å². The molecule has 8 nitrogen and oxygen atoms in total. The maximum Gasteiger partial charge on any atom is 0.284 e. The zero-order valence-corrected chi connectivity index (χ0v) is 18.1. The molecule has 2 aromatic carbocycles. The average molecular weight is 443 g/mol. The van der Waals surface area contributed by atoms with Crippen molar-refractivity contribution < 1.29 is 9.53 Å². The lowest BCUT2D eigenvalue weighted by Crippen LogP contribution is -2.11. The van der Waals surface area contributed by atoms with Crippen molar-refractivity contribution in [3.8, 4) is 17.4 Å². The number of ether oxygens (including phenoxy) is 1. The Bertz CT molecular complexity index is 1390. The summed E-state index contributed by atoms with van der Waals surface area (Å²) in [5, 5.41) is 3.29. The Morgan fingerprint density at radius 2 is 1.84 bits per heavy atom. The number of nitrogens with zero attached hydrogens (tertiary/aromatic N) is 5. The number of hydrogen-bond donors (Lipinski definition) is 1. The van der Waals surface area contributed by atoms with Crippen molar-refractivity contribution in [2.24, 2.45) is 0 Å². The fourth-order valence-corrected chi connectivity index (χ4v) is 3.99. The van der Waals surface area contributed by atoms with Crippen molar-refractivity contribution in [3.05, 3.63) is 83.6 Å². The van der Waals surface area contributed by atoms with Gasteiger partial charge < -0.3 is 10.1 Å². The van der Waals surface area contributed by atoms with Crippen LogP contribution in [0.1, 0.15) is 21.2 Å². The van der Waals surface area contributed by atoms with Gasteiger partial charge in [-0.05, 0) is 50.2 Å². The summed E-state index contributed by atoms with van der Waals surface area (Å²) in [6, 6.07) is 16.5. The maximum absolute atomic E-state index is 12.5. The Morgan fingerprint density at radius 1 is 1.03 bits per heavy atom. The smallest absolute Gasteiger partial charge is 0.284 e. The summed E-state index contributed by atoms with van der Waals surface area (Å²) in [5.74, 6) is 1.43. The number of amides is 1. The van der Waals surface area contributed by atoms with Crippen molar-refractivity contribution in [3.63, 3.8) is 0 Å². The summed E-state index contributed by atoms with van der Waals surface area (Å²) < 4.78 is 8.72. The van der Waals surface area contributed by atoms with Gasteiger partial charge in [0.05, 0.1) is 15.9 Å². The molecule has 0 radical (unpaired) electrons. The third-order valence-corrected chi connectivity index (χ3v) is 5.98. The molecule has 9 heteroatoms. The average Bonchev–Trinajstić information content (AvgIpc) is 3.39. The van der Waals surface area contributed by atoms with Gasteiger partial charge in [-0.25, -0.2) is 19.9 Å². The first-order valence-corrected chi connectivity index (χ1v) is 10.7. The molecule has 3 heterocycles. The fourth-order valence-electron chi connectivity index (χ4n) is 3.13. The summed E-state index contributed by atoms with van der Waals surface area (Å²) in [4.78, 5) is 29.7. The molecule has 0 unspecified atom stereocenters. The number of aryl methyl sites for hydroxylation is 1. The Labute approximate surface area is 187 Å². The van der Waals surface area contributed by atoms with Crippen LogP contribution in [0.4, 0.5) is 5.69 Å². The van der Waals surface area contributed by atoms with E-state index in [1.165, 1.54) is 17.7 Å². The van der Waals surface area contributed by atoms with Gasteiger partial charge in [-0.3, -0.25) is 9.36 Å². The lowest BCUT2D eigenvalue weighted by Gasteiger charge is -2.09. The number of rotatable bonds is 5. The van der Waals surface area contributed by atoms with E-state index in [4.69, 9.17) is 4.74 Å². The summed E-state index contributed by atoms with van der Waals surface area (Å²) in [5.41, 5.74) is 3.41. The van der Waals surface area contributed by atoms with Crippen molar-refractivity contribution >= 4 is 33.1 Å². The molecule has 158 valence electrons. The number of fused-ring (bicyclic) bond motifs is 1. The van der Waals surface area contributed by atoms with E-state index in [0.717, 1.165) is 21.6 Å². The highest BCUT2D eigenvalue weighted by Crippen LogP contribution is 2.25. The van der Waals surface area contributed by atoms with Crippen LogP contribution in [0.15, 0.2) is 67.3 Å². The van der Waals surface area contributed by atoms with E-state index in [1.807, 2.05) is 42.7 Å². The second kappa shape index (κ2) is 8.20. The van der Waals surface area contributed by atoms with Crippen LogP contribution in [-0.2, 0) is 0 Å². The number of para-hydroxylation sites is 1. The summed E-state index contributed by atoms with van der Waals surface area (Å²) >= 11 is 1.36. The molecule has 0 bridgehead atoms. The van der Waals surface area contributed by atoms with Gasteiger partial charge >= 0.3 is 0 Å². The minimum absolute atomic E-state index is 0.244. The number of benzene rings is 2. The number of carbonyl (C=O) groups excluding carboxylic acids is 1. The highest BCUT2D eigenvalue weighted by molar-refractivity contribution is 7.20. The maximum atomic E-state index is 12.5. The van der Waals surface area contributed by atoms with E-state index >= 15 is 0 Å². The van der Waals surface area contributed by atoms with Crippen LogP contribution in [0, 0.1) is 13.8 Å². The third-order valence-electron chi connectivity index (χ3n) is 4.95. The number of anilines is 1. The largest absolute Gasteiger partial charge is 0.439 e. The molecular formula is C23H18N6O2S. The van der Waals surface area contributed by atoms with Gasteiger partial charge in [0.25, 0.3) is 5.91 Å². The van der Waals surface area contributed by atoms with Crippen molar-refractivity contribution in [1.82, 2.24) is 24.5 Å². The van der Waals surface area contributed by atoms with Crippen LogP contribution < -0.4 is 10.1 Å². The highest BCUT2D eigenvalue weighted by Gasteiger charge is 2.13. The number of carbonyl (C=O) groups is 1. The first-order valence-electron chi connectivity index (χ1n) is 9.84. The Kier molecular flexibility index (Phi) is 5.08. The number of thiazole rings is 1. The number of imidazole rings is 1. The normalized spacial score (nSPS) is 10.9. The van der Waals surface area contributed by atoms with Crippen LogP contribution in [-0.4, -0.2) is 30.4 Å². The van der Waals surface area contributed by atoms with Gasteiger partial charge in [0.1, 0.15) is 24.2 Å². The highest BCUT2D eigenvalue weighted by atomic mass is 32.1. The predicted molar refractivity (Wildman–Crippen MR) is 123 cm³/mol. The molecule has 5 rings (SSSR count). The second-order valence-electron chi connectivity index (χ2n) is 7.07. The molecule has 0 saturated heterocycles. The lowest BCUT2D eigenvalue weighted by molar-refractivity contribution is 0.102. The molecule has 0 saturated carbocycles. The first-order chi connectivity index (χ1) is 15.6. The van der Waals surface area contributed by atoms with Crippen LogP contribution >= 0.6 is 11.3 Å². The van der Waals surface area contributed by atoms with Gasteiger partial charge in [-0.2, -0.15) is 0 Å². The minimum atomic E-state index is -0.244. The number of nitrogens with one attached hydrogen (secondary N) is 1. The van der Waals surface area contributed by atoms with Crippen LogP contribution in [0.2, 0.25) is 0 Å². The molecule has 0 fully saturated rings. The van der Waals surface area contributed by atoms with Crippen LogP contribution in [0.3, 0.4) is 0 Å². The molecule has 1 N–H and O–H groups in total. The molecule has 0 aliphatic rings. The number of aromatic nitrogens is 5. The SMILES string of the molecule is Cc1ncn(-c2cc(Oc3ccc(NC(=O)c4nc5ccccc5s4)cc3)ncn2)c1C. The summed E-state index contributed by atoms with van der Waals surface area (Å²) in [6.45, 7) is 3.92. The molecule has 0 spiro atoms. The lowest BCUT2D eigenvalue weighted by atomic mass is 10.3. The van der Waals surface area contributed by atoms with E-state index in [1.54, 1.807) is 36.7 Å². The van der Waals surface area contributed by atoms with E-state index in [2.05, 4.69) is 25.3 Å². The summed E-state index contributed by atoms with van der Waals surface area (Å²) in [6.07, 6.45) is 3.17. The third kappa shape index (κ3) is 3.93. The van der Waals surface area contributed by atoms with Crippen molar-refractivity contribution in [2.75, 3.05) is 5.32 Å². The monoisotopic (exact) mass is 442 g/mol. The van der Waals surface area contributed by atoms with Gasteiger partial charge in [0, 0.05) is 17.4 Å². The minimum Gasteiger partial charge on any atom is -0.439 e. The quantitative estimate of drug-likeness (QED) is 0.415. The molecule has 0 aliphatic heterocycles. The Balaban J connectivity index is 1.28. The van der Waals surface area contributed by atoms with Crippen molar-refractivity contribution in [1.29, 1.82) is 0 Å². The molecular weight excluding hydrogens is 424 g/mol. The number of hydrogen-bond acceptors (Lipinski definition) is 7.